The fraction of sp³-hybridized carbons (Fsp3) is 0.500. The molecule has 0 bridgehead atoms. The summed E-state index contributed by atoms with van der Waals surface area (Å²) in [6.45, 7) is 5.10. The second-order valence-electron chi connectivity index (χ2n) is 4.72. The summed E-state index contributed by atoms with van der Waals surface area (Å²) in [5.74, 6) is -0.174. The van der Waals surface area contributed by atoms with Crippen molar-refractivity contribution in [3.63, 3.8) is 0 Å². The Balaban J connectivity index is 1.78. The van der Waals surface area contributed by atoms with E-state index in [9.17, 15) is 4.79 Å². The van der Waals surface area contributed by atoms with Crippen LogP contribution in [0.2, 0.25) is 0 Å². The smallest absolute Gasteiger partial charge is 0.306 e. The van der Waals surface area contributed by atoms with E-state index >= 15 is 0 Å². The van der Waals surface area contributed by atoms with Crippen LogP contribution in [-0.2, 0) is 22.5 Å². The van der Waals surface area contributed by atoms with Gasteiger partial charge in [0.15, 0.2) is 5.13 Å². The van der Waals surface area contributed by atoms with Crippen molar-refractivity contribution in [2.75, 3.05) is 11.9 Å². The highest BCUT2D eigenvalue weighted by atomic mass is 32.1. The van der Waals surface area contributed by atoms with E-state index in [0.717, 1.165) is 17.4 Å². The van der Waals surface area contributed by atoms with Gasteiger partial charge in [-0.2, -0.15) is 5.10 Å². The first kappa shape index (κ1) is 15.5. The highest BCUT2D eigenvalue weighted by molar-refractivity contribution is 7.13. The number of nitrogens with one attached hydrogen (secondary N) is 1. The molecule has 0 aromatic carbocycles. The third-order valence-electron chi connectivity index (χ3n) is 2.83. The molecular formula is C14H20N4O2S. The first-order chi connectivity index (χ1) is 10.2. The van der Waals surface area contributed by atoms with Crippen molar-refractivity contribution in [3.05, 3.63) is 29.5 Å². The average molecular weight is 308 g/mol. The minimum absolute atomic E-state index is 0.174. The van der Waals surface area contributed by atoms with Crippen LogP contribution in [0.3, 0.4) is 0 Å². The molecule has 1 unspecified atom stereocenters. The number of hydrogen-bond acceptors (Lipinski definition) is 6. The maximum absolute atomic E-state index is 11.3. The molecule has 2 rings (SSSR count). The molecule has 2 aromatic heterocycles. The minimum atomic E-state index is -0.174. The van der Waals surface area contributed by atoms with Crippen molar-refractivity contribution in [1.82, 2.24) is 14.8 Å². The third-order valence-corrected chi connectivity index (χ3v) is 3.65. The van der Waals surface area contributed by atoms with E-state index in [-0.39, 0.29) is 12.0 Å². The Bertz CT molecular complexity index is 553. The van der Waals surface area contributed by atoms with Crippen LogP contribution in [-0.4, -0.2) is 33.4 Å². The molecule has 0 aliphatic rings. The molecule has 21 heavy (non-hydrogen) atoms. The highest BCUT2D eigenvalue weighted by Crippen LogP contribution is 2.18. The van der Waals surface area contributed by atoms with Gasteiger partial charge in [0, 0.05) is 30.2 Å². The average Bonchev–Trinajstić information content (AvgIpc) is 3.08. The van der Waals surface area contributed by atoms with Crippen molar-refractivity contribution in [2.24, 2.45) is 0 Å². The van der Waals surface area contributed by atoms with Gasteiger partial charge in [0.05, 0.1) is 25.3 Å². The number of esters is 1. The van der Waals surface area contributed by atoms with Crippen molar-refractivity contribution in [2.45, 2.75) is 39.3 Å². The summed E-state index contributed by atoms with van der Waals surface area (Å²) >= 11 is 1.55. The Morgan fingerprint density at radius 2 is 2.43 bits per heavy atom. The van der Waals surface area contributed by atoms with Crippen LogP contribution in [0.1, 0.15) is 26.0 Å². The summed E-state index contributed by atoms with van der Waals surface area (Å²) in [4.78, 5) is 15.8. The van der Waals surface area contributed by atoms with Gasteiger partial charge >= 0.3 is 5.97 Å². The lowest BCUT2D eigenvalue weighted by Crippen LogP contribution is -2.22. The Morgan fingerprint density at radius 1 is 1.57 bits per heavy atom. The predicted molar refractivity (Wildman–Crippen MR) is 82.4 cm³/mol. The molecule has 1 atom stereocenters. The molecule has 0 aliphatic carbocycles. The number of nitrogens with zero attached hydrogens (tertiary/aromatic N) is 3. The van der Waals surface area contributed by atoms with Crippen LogP contribution in [0.4, 0.5) is 5.13 Å². The lowest BCUT2D eigenvalue weighted by molar-refractivity contribution is -0.143. The zero-order chi connectivity index (χ0) is 15.1. The fourth-order valence-corrected chi connectivity index (χ4v) is 2.75. The second-order valence-corrected chi connectivity index (χ2v) is 5.58. The molecular weight excluding hydrogens is 288 g/mol. The van der Waals surface area contributed by atoms with Gasteiger partial charge in [0.2, 0.25) is 0 Å². The van der Waals surface area contributed by atoms with Crippen molar-refractivity contribution < 1.29 is 9.53 Å². The Morgan fingerprint density at radius 3 is 3.14 bits per heavy atom. The van der Waals surface area contributed by atoms with Crippen LogP contribution in [0.25, 0.3) is 0 Å². The molecule has 2 aromatic rings. The number of carbonyl (C=O) groups is 1. The zero-order valence-corrected chi connectivity index (χ0v) is 13.1. The third kappa shape index (κ3) is 5.18. The Kier molecular flexibility index (Phi) is 5.74. The van der Waals surface area contributed by atoms with Gasteiger partial charge < -0.3 is 10.1 Å². The lowest BCUT2D eigenvalue weighted by Gasteiger charge is -2.12. The number of ether oxygens (including phenoxy) is 1. The van der Waals surface area contributed by atoms with E-state index in [1.54, 1.807) is 17.5 Å². The number of anilines is 1. The summed E-state index contributed by atoms with van der Waals surface area (Å²) in [5, 5.41) is 10.4. The van der Waals surface area contributed by atoms with Gasteiger partial charge in [0.25, 0.3) is 0 Å². The molecule has 0 amide bonds. The van der Waals surface area contributed by atoms with Crippen molar-refractivity contribution in [3.8, 4) is 0 Å². The van der Waals surface area contributed by atoms with Gasteiger partial charge in [-0.1, -0.05) is 0 Å². The van der Waals surface area contributed by atoms with E-state index in [4.69, 9.17) is 4.74 Å². The van der Waals surface area contributed by atoms with E-state index in [1.807, 2.05) is 29.2 Å². The summed E-state index contributed by atoms with van der Waals surface area (Å²) in [5.41, 5.74) is 0.918. The maximum atomic E-state index is 11.3. The van der Waals surface area contributed by atoms with Crippen molar-refractivity contribution >= 4 is 22.4 Å². The Hall–Kier alpha value is -1.89. The number of aryl methyl sites for hydroxylation is 1. The molecule has 114 valence electrons. The van der Waals surface area contributed by atoms with Crippen LogP contribution >= 0.6 is 11.3 Å². The molecule has 2 heterocycles. The van der Waals surface area contributed by atoms with E-state index in [2.05, 4.69) is 22.3 Å². The number of carbonyl (C=O) groups excluding carboxylic acids is 1. The van der Waals surface area contributed by atoms with Gasteiger partial charge in [0.1, 0.15) is 0 Å². The quantitative estimate of drug-likeness (QED) is 0.758. The largest absolute Gasteiger partial charge is 0.466 e. The van der Waals surface area contributed by atoms with Crippen LogP contribution < -0.4 is 5.32 Å². The predicted octanol–water partition coefficient (Wildman–Crippen LogP) is 2.34. The monoisotopic (exact) mass is 308 g/mol. The first-order valence-corrected chi connectivity index (χ1v) is 7.89. The number of aromatic nitrogens is 3. The summed E-state index contributed by atoms with van der Waals surface area (Å²) in [7, 11) is 0. The van der Waals surface area contributed by atoms with Gasteiger partial charge in [-0.15, -0.1) is 11.3 Å². The molecule has 6 nitrogen and oxygen atoms in total. The minimum Gasteiger partial charge on any atom is -0.466 e. The molecule has 0 aliphatic heterocycles. The summed E-state index contributed by atoms with van der Waals surface area (Å²) in [6.07, 6.45) is 4.69. The topological polar surface area (TPSA) is 69.0 Å². The standard InChI is InChI=1S/C14H20N4O2S/c1-3-20-13(19)6-5-12-10-21-14(17-12)16-11(2)9-18-8-4-7-15-18/h4,7-8,10-11H,3,5-6,9H2,1-2H3,(H,16,17). The van der Waals surface area contributed by atoms with Crippen LogP contribution in [0, 0.1) is 0 Å². The SMILES string of the molecule is CCOC(=O)CCc1csc(NC(C)Cn2cccn2)n1. The van der Waals surface area contributed by atoms with E-state index in [0.29, 0.717) is 19.4 Å². The maximum Gasteiger partial charge on any atom is 0.306 e. The summed E-state index contributed by atoms with van der Waals surface area (Å²) < 4.78 is 6.79. The Labute approximate surface area is 128 Å². The molecule has 0 fully saturated rings. The lowest BCUT2D eigenvalue weighted by atomic mass is 10.2. The zero-order valence-electron chi connectivity index (χ0n) is 12.3. The highest BCUT2D eigenvalue weighted by Gasteiger charge is 2.09. The number of thiazole rings is 1. The van der Waals surface area contributed by atoms with E-state index in [1.165, 1.54) is 0 Å². The fourth-order valence-electron chi connectivity index (χ4n) is 1.90. The summed E-state index contributed by atoms with van der Waals surface area (Å²) in [6, 6.07) is 2.14. The molecule has 0 radical (unpaired) electrons. The first-order valence-electron chi connectivity index (χ1n) is 7.01. The van der Waals surface area contributed by atoms with Gasteiger partial charge in [-0.3, -0.25) is 9.48 Å². The molecule has 1 N–H and O–H groups in total. The van der Waals surface area contributed by atoms with Gasteiger partial charge in [-0.05, 0) is 19.9 Å². The van der Waals surface area contributed by atoms with Crippen LogP contribution in [0.15, 0.2) is 23.8 Å². The van der Waals surface area contributed by atoms with Crippen LogP contribution in [0.5, 0.6) is 0 Å². The molecule has 0 saturated heterocycles. The van der Waals surface area contributed by atoms with E-state index < -0.39 is 0 Å². The van der Waals surface area contributed by atoms with Gasteiger partial charge in [-0.25, -0.2) is 4.98 Å². The number of rotatable bonds is 8. The normalized spacial score (nSPS) is 12.1. The molecule has 7 heteroatoms. The second kappa shape index (κ2) is 7.78. The van der Waals surface area contributed by atoms with Crippen molar-refractivity contribution in [1.29, 1.82) is 0 Å². The number of hydrogen-bond donors (Lipinski definition) is 1. The molecule has 0 saturated carbocycles. The molecule has 0 spiro atoms.